The Morgan fingerprint density at radius 2 is 1.95 bits per heavy atom. The van der Waals surface area contributed by atoms with Crippen molar-refractivity contribution in [2.45, 2.75) is 45.8 Å². The van der Waals surface area contributed by atoms with Gasteiger partial charge in [0, 0.05) is 12.1 Å². The zero-order chi connectivity index (χ0) is 15.0. The van der Waals surface area contributed by atoms with Crippen molar-refractivity contribution in [3.8, 4) is 11.5 Å². The fourth-order valence-corrected chi connectivity index (χ4v) is 2.20. The van der Waals surface area contributed by atoms with Gasteiger partial charge in [-0.05, 0) is 18.1 Å². The van der Waals surface area contributed by atoms with Gasteiger partial charge >= 0.3 is 0 Å². The van der Waals surface area contributed by atoms with Gasteiger partial charge in [-0.3, -0.25) is 4.79 Å². The third-order valence-electron chi connectivity index (χ3n) is 2.79. The van der Waals surface area contributed by atoms with Gasteiger partial charge in [0.2, 0.25) is 5.91 Å². The third-order valence-corrected chi connectivity index (χ3v) is 3.67. The summed E-state index contributed by atoms with van der Waals surface area (Å²) in [6.07, 6.45) is 2.54. The molecule has 1 rings (SSSR count). The van der Waals surface area contributed by atoms with E-state index < -0.39 is 8.07 Å². The quantitative estimate of drug-likeness (QED) is 0.502. The summed E-state index contributed by atoms with van der Waals surface area (Å²) in [5, 5.41) is 2.95. The van der Waals surface area contributed by atoms with Gasteiger partial charge in [0.1, 0.15) is 8.07 Å². The highest BCUT2D eigenvalue weighted by Crippen LogP contribution is 2.09. The van der Waals surface area contributed by atoms with E-state index in [2.05, 4.69) is 43.3 Å². The largest absolute Gasteiger partial charge is 0.356 e. The minimum atomic E-state index is -1.39. The van der Waals surface area contributed by atoms with Crippen LogP contribution in [0.25, 0.3) is 0 Å². The number of carbonyl (C=O) groups is 1. The highest BCUT2D eigenvalue weighted by atomic mass is 28.3. The SMILES string of the molecule is CCCCNC(=O)Cc1ccccc1C#C[Si](C)(C)C. The third kappa shape index (κ3) is 6.58. The summed E-state index contributed by atoms with van der Waals surface area (Å²) < 4.78 is 0. The Kier molecular flexibility index (Phi) is 6.54. The van der Waals surface area contributed by atoms with Crippen molar-refractivity contribution in [2.24, 2.45) is 0 Å². The highest BCUT2D eigenvalue weighted by Gasteiger charge is 2.09. The molecule has 0 radical (unpaired) electrons. The van der Waals surface area contributed by atoms with Crippen LogP contribution in [0.5, 0.6) is 0 Å². The molecule has 1 aromatic carbocycles. The number of amides is 1. The van der Waals surface area contributed by atoms with E-state index in [9.17, 15) is 4.79 Å². The van der Waals surface area contributed by atoms with Crippen LogP contribution in [0.4, 0.5) is 0 Å². The van der Waals surface area contributed by atoms with E-state index in [1.54, 1.807) is 0 Å². The zero-order valence-corrected chi connectivity index (χ0v) is 14.0. The van der Waals surface area contributed by atoms with Gasteiger partial charge in [-0.25, -0.2) is 0 Å². The normalized spacial score (nSPS) is 10.6. The van der Waals surface area contributed by atoms with Gasteiger partial charge in [0.05, 0.1) is 6.42 Å². The Morgan fingerprint density at radius 3 is 2.60 bits per heavy atom. The summed E-state index contributed by atoms with van der Waals surface area (Å²) in [4.78, 5) is 11.9. The first-order chi connectivity index (χ1) is 9.42. The maximum atomic E-state index is 11.9. The number of benzene rings is 1. The Labute approximate surface area is 124 Å². The van der Waals surface area contributed by atoms with Crippen LogP contribution in [0.3, 0.4) is 0 Å². The van der Waals surface area contributed by atoms with Gasteiger partial charge in [-0.2, -0.15) is 0 Å². The molecule has 0 heterocycles. The van der Waals surface area contributed by atoms with Crippen LogP contribution in [0.1, 0.15) is 30.9 Å². The Hall–Kier alpha value is -1.53. The average Bonchev–Trinajstić information content (AvgIpc) is 2.37. The first-order valence-electron chi connectivity index (χ1n) is 7.30. The summed E-state index contributed by atoms with van der Waals surface area (Å²) in [5.74, 6) is 3.34. The summed E-state index contributed by atoms with van der Waals surface area (Å²) in [6.45, 7) is 9.55. The van der Waals surface area contributed by atoms with Crippen LogP contribution in [0.15, 0.2) is 24.3 Å². The molecule has 3 heteroatoms. The van der Waals surface area contributed by atoms with E-state index in [4.69, 9.17) is 0 Å². The van der Waals surface area contributed by atoms with E-state index in [1.807, 2.05) is 24.3 Å². The van der Waals surface area contributed by atoms with Gasteiger partial charge in [0.15, 0.2) is 0 Å². The molecule has 0 fully saturated rings. The molecule has 1 aromatic rings. The van der Waals surface area contributed by atoms with Gasteiger partial charge in [-0.15, -0.1) is 5.54 Å². The number of carbonyl (C=O) groups excluding carboxylic acids is 1. The van der Waals surface area contributed by atoms with Crippen molar-refractivity contribution >= 4 is 14.0 Å². The van der Waals surface area contributed by atoms with Crippen molar-refractivity contribution in [2.75, 3.05) is 6.54 Å². The van der Waals surface area contributed by atoms with Crippen LogP contribution in [0, 0.1) is 11.5 Å². The Bertz CT molecular complexity index is 506. The minimum Gasteiger partial charge on any atom is -0.356 e. The van der Waals surface area contributed by atoms with E-state index in [-0.39, 0.29) is 5.91 Å². The van der Waals surface area contributed by atoms with Gasteiger partial charge in [0.25, 0.3) is 0 Å². The Morgan fingerprint density at radius 1 is 1.25 bits per heavy atom. The predicted molar refractivity (Wildman–Crippen MR) is 88.3 cm³/mol. The smallest absolute Gasteiger partial charge is 0.224 e. The standard InChI is InChI=1S/C17H25NOSi/c1-5-6-12-18-17(19)14-16-10-8-7-9-15(16)11-13-20(2,3)4/h7-10H,5-6,12,14H2,1-4H3,(H,18,19). The summed E-state index contributed by atoms with van der Waals surface area (Å²) in [5.41, 5.74) is 5.37. The minimum absolute atomic E-state index is 0.0840. The molecule has 0 aliphatic rings. The Balaban J connectivity index is 2.75. The van der Waals surface area contributed by atoms with Crippen molar-refractivity contribution in [3.63, 3.8) is 0 Å². The van der Waals surface area contributed by atoms with Crippen LogP contribution in [-0.4, -0.2) is 20.5 Å². The van der Waals surface area contributed by atoms with Crippen molar-refractivity contribution in [1.29, 1.82) is 0 Å². The molecule has 108 valence electrons. The molecule has 1 N–H and O–H groups in total. The molecule has 0 unspecified atom stereocenters. The molecule has 0 spiro atoms. The lowest BCUT2D eigenvalue weighted by Gasteiger charge is -2.07. The molecule has 20 heavy (non-hydrogen) atoms. The van der Waals surface area contributed by atoms with Gasteiger partial charge in [-0.1, -0.05) is 57.1 Å². The topological polar surface area (TPSA) is 29.1 Å². The zero-order valence-electron chi connectivity index (χ0n) is 13.0. The molecule has 0 saturated carbocycles. The lowest BCUT2D eigenvalue weighted by Crippen LogP contribution is -2.26. The lowest BCUT2D eigenvalue weighted by atomic mass is 10.0. The molecule has 0 aromatic heterocycles. The van der Waals surface area contributed by atoms with E-state index in [0.29, 0.717) is 6.42 Å². The monoisotopic (exact) mass is 287 g/mol. The molecule has 0 aliphatic carbocycles. The molecule has 2 nitrogen and oxygen atoms in total. The molecule has 0 aliphatic heterocycles. The number of hydrogen-bond donors (Lipinski definition) is 1. The second-order valence-corrected chi connectivity index (χ2v) is 10.8. The fraction of sp³-hybridized carbons (Fsp3) is 0.471. The summed E-state index contributed by atoms with van der Waals surface area (Å²) in [6, 6.07) is 7.94. The molecule has 0 saturated heterocycles. The van der Waals surface area contributed by atoms with Gasteiger partial charge < -0.3 is 5.32 Å². The first-order valence-corrected chi connectivity index (χ1v) is 10.8. The second-order valence-electron chi connectivity index (χ2n) is 6.04. The molecule has 0 atom stereocenters. The number of nitrogens with one attached hydrogen (secondary N) is 1. The average molecular weight is 287 g/mol. The maximum Gasteiger partial charge on any atom is 0.224 e. The maximum absolute atomic E-state index is 11.9. The van der Waals surface area contributed by atoms with Crippen LogP contribution in [0.2, 0.25) is 19.6 Å². The van der Waals surface area contributed by atoms with Crippen molar-refractivity contribution < 1.29 is 4.79 Å². The fourth-order valence-electron chi connectivity index (χ4n) is 1.69. The molecule has 0 bridgehead atoms. The van der Waals surface area contributed by atoms with Crippen LogP contribution >= 0.6 is 0 Å². The molecular weight excluding hydrogens is 262 g/mol. The summed E-state index contributed by atoms with van der Waals surface area (Å²) >= 11 is 0. The molecule has 1 amide bonds. The highest BCUT2D eigenvalue weighted by molar-refractivity contribution is 6.83. The van der Waals surface area contributed by atoms with E-state index in [1.165, 1.54) is 0 Å². The van der Waals surface area contributed by atoms with Crippen LogP contribution in [-0.2, 0) is 11.2 Å². The second kappa shape index (κ2) is 7.91. The molecular formula is C17H25NOSi. The van der Waals surface area contributed by atoms with Crippen molar-refractivity contribution in [3.05, 3.63) is 35.4 Å². The van der Waals surface area contributed by atoms with Crippen molar-refractivity contribution in [1.82, 2.24) is 5.32 Å². The number of rotatable bonds is 5. The van der Waals surface area contributed by atoms with Crippen LogP contribution < -0.4 is 5.32 Å². The predicted octanol–water partition coefficient (Wildman–Crippen LogP) is 3.37. The van der Waals surface area contributed by atoms with E-state index in [0.717, 1.165) is 30.5 Å². The lowest BCUT2D eigenvalue weighted by molar-refractivity contribution is -0.120. The van der Waals surface area contributed by atoms with E-state index >= 15 is 0 Å². The number of unbranched alkanes of at least 4 members (excludes halogenated alkanes) is 1. The summed E-state index contributed by atoms with van der Waals surface area (Å²) in [7, 11) is -1.39. The number of hydrogen-bond acceptors (Lipinski definition) is 1. The first kappa shape index (κ1) is 16.5.